The molecule has 0 radical (unpaired) electrons. The van der Waals surface area contributed by atoms with Gasteiger partial charge < -0.3 is 5.11 Å². The zero-order valence-corrected chi connectivity index (χ0v) is 17.2. The molecule has 5 heteroatoms. The first-order valence-corrected chi connectivity index (χ1v) is 12.2. The zero-order chi connectivity index (χ0) is 18.8. The summed E-state index contributed by atoms with van der Waals surface area (Å²) in [6.45, 7) is 2.21. The molecule has 152 valence electrons. The van der Waals surface area contributed by atoms with Crippen LogP contribution in [0.25, 0.3) is 0 Å². The molecule has 0 rings (SSSR count). The van der Waals surface area contributed by atoms with Crippen molar-refractivity contribution in [2.45, 2.75) is 122 Å². The Bertz CT molecular complexity index is 368. The highest BCUT2D eigenvalue weighted by Crippen LogP contribution is 2.14. The van der Waals surface area contributed by atoms with Crippen molar-refractivity contribution in [3.63, 3.8) is 0 Å². The Morgan fingerprint density at radius 3 is 1.40 bits per heavy atom. The summed E-state index contributed by atoms with van der Waals surface area (Å²) >= 11 is 0. The van der Waals surface area contributed by atoms with E-state index in [4.69, 9.17) is 4.55 Å². The summed E-state index contributed by atoms with van der Waals surface area (Å²) in [5.74, 6) is -0.0968. The Morgan fingerprint density at radius 2 is 1.00 bits per heavy atom. The Morgan fingerprint density at radius 1 is 0.640 bits per heavy atom. The van der Waals surface area contributed by atoms with Crippen molar-refractivity contribution in [3.05, 3.63) is 0 Å². The normalized spacial score (nSPS) is 13.2. The van der Waals surface area contributed by atoms with E-state index in [2.05, 4.69) is 6.92 Å². The van der Waals surface area contributed by atoms with Crippen LogP contribution in [0.5, 0.6) is 0 Å². The molecular weight excluding hydrogens is 336 g/mol. The van der Waals surface area contributed by atoms with E-state index in [-0.39, 0.29) is 11.9 Å². The lowest BCUT2D eigenvalue weighted by Crippen LogP contribution is -2.05. The second kappa shape index (κ2) is 17.3. The fourth-order valence-corrected chi connectivity index (χ4v) is 3.78. The summed E-state index contributed by atoms with van der Waals surface area (Å²) < 4.78 is 29.8. The van der Waals surface area contributed by atoms with Crippen molar-refractivity contribution in [3.8, 4) is 0 Å². The van der Waals surface area contributed by atoms with E-state index in [0.29, 0.717) is 6.42 Å². The first kappa shape index (κ1) is 24.9. The minimum Gasteiger partial charge on any atom is -0.393 e. The van der Waals surface area contributed by atoms with Crippen LogP contribution < -0.4 is 0 Å². The Hall–Kier alpha value is -0.130. The predicted molar refractivity (Wildman–Crippen MR) is 107 cm³/mol. The predicted octanol–water partition coefficient (Wildman–Crippen LogP) is 5.89. The quantitative estimate of drug-likeness (QED) is 0.217. The van der Waals surface area contributed by atoms with E-state index in [9.17, 15) is 13.5 Å². The standard InChI is InChI=1S/C20H42O4S/c1-2-3-4-14-17-20(21)18-15-12-10-8-6-5-7-9-11-13-16-19-25(22,23)24/h20-21H,2-19H2,1H3,(H,22,23,24). The molecule has 0 heterocycles. The number of rotatable bonds is 19. The molecule has 0 bridgehead atoms. The van der Waals surface area contributed by atoms with Gasteiger partial charge in [-0.25, -0.2) is 0 Å². The summed E-state index contributed by atoms with van der Waals surface area (Å²) in [6.07, 6.45) is 19.2. The average Bonchev–Trinajstić information content (AvgIpc) is 2.55. The Kier molecular flexibility index (Phi) is 17.2. The van der Waals surface area contributed by atoms with E-state index in [0.717, 1.165) is 38.5 Å². The summed E-state index contributed by atoms with van der Waals surface area (Å²) in [5, 5.41) is 9.91. The van der Waals surface area contributed by atoms with E-state index >= 15 is 0 Å². The van der Waals surface area contributed by atoms with Crippen molar-refractivity contribution < 1.29 is 18.1 Å². The van der Waals surface area contributed by atoms with Crippen molar-refractivity contribution >= 4 is 10.1 Å². The van der Waals surface area contributed by atoms with Gasteiger partial charge in [-0.15, -0.1) is 0 Å². The molecule has 0 aliphatic rings. The molecule has 25 heavy (non-hydrogen) atoms. The molecule has 0 aromatic carbocycles. The van der Waals surface area contributed by atoms with Gasteiger partial charge in [0.05, 0.1) is 11.9 Å². The molecule has 1 unspecified atom stereocenters. The fraction of sp³-hybridized carbons (Fsp3) is 1.00. The molecule has 0 aromatic rings. The van der Waals surface area contributed by atoms with Gasteiger partial charge >= 0.3 is 0 Å². The minimum absolute atomic E-state index is 0.0855. The lowest BCUT2D eigenvalue weighted by atomic mass is 10.0. The number of aliphatic hydroxyl groups is 1. The van der Waals surface area contributed by atoms with Gasteiger partial charge in [0, 0.05) is 0 Å². The molecular formula is C20H42O4S. The van der Waals surface area contributed by atoms with Gasteiger partial charge in [-0.2, -0.15) is 8.42 Å². The van der Waals surface area contributed by atoms with Crippen LogP contribution in [0.15, 0.2) is 0 Å². The third-order valence-electron chi connectivity index (χ3n) is 4.83. The number of hydrogen-bond donors (Lipinski definition) is 2. The summed E-state index contributed by atoms with van der Waals surface area (Å²) in [6, 6.07) is 0. The SMILES string of the molecule is CCCCCCC(O)CCCCCCCCCCCCCS(=O)(=O)O. The molecule has 2 N–H and O–H groups in total. The smallest absolute Gasteiger partial charge is 0.264 e. The molecule has 1 atom stereocenters. The van der Waals surface area contributed by atoms with Crippen LogP contribution in [0, 0.1) is 0 Å². The van der Waals surface area contributed by atoms with Crippen LogP contribution in [-0.2, 0) is 10.1 Å². The molecule has 0 saturated heterocycles. The van der Waals surface area contributed by atoms with E-state index in [1.54, 1.807) is 0 Å². The third kappa shape index (κ3) is 21.8. The first-order valence-electron chi connectivity index (χ1n) is 10.6. The average molecular weight is 379 g/mol. The fourth-order valence-electron chi connectivity index (χ4n) is 3.21. The first-order chi connectivity index (χ1) is 12.0. The van der Waals surface area contributed by atoms with Crippen molar-refractivity contribution in [2.24, 2.45) is 0 Å². The molecule has 0 amide bonds. The topological polar surface area (TPSA) is 74.6 Å². The van der Waals surface area contributed by atoms with Gasteiger partial charge in [0.2, 0.25) is 0 Å². The van der Waals surface area contributed by atoms with Gasteiger partial charge in [-0.1, -0.05) is 96.8 Å². The third-order valence-corrected chi connectivity index (χ3v) is 5.64. The van der Waals surface area contributed by atoms with Crippen LogP contribution in [0.1, 0.15) is 116 Å². The second-order valence-electron chi connectivity index (χ2n) is 7.47. The van der Waals surface area contributed by atoms with Crippen LogP contribution in [-0.4, -0.2) is 29.9 Å². The van der Waals surface area contributed by atoms with Gasteiger partial charge in [-0.05, 0) is 19.3 Å². The Labute approximate surface area is 156 Å². The van der Waals surface area contributed by atoms with Crippen molar-refractivity contribution in [2.75, 3.05) is 5.75 Å². The number of hydrogen-bond acceptors (Lipinski definition) is 3. The zero-order valence-electron chi connectivity index (χ0n) is 16.4. The highest BCUT2D eigenvalue weighted by molar-refractivity contribution is 7.85. The lowest BCUT2D eigenvalue weighted by molar-refractivity contribution is 0.147. The monoisotopic (exact) mass is 378 g/mol. The van der Waals surface area contributed by atoms with Gasteiger partial charge in [-0.3, -0.25) is 4.55 Å². The Balaban J connectivity index is 3.16. The molecule has 0 fully saturated rings. The number of unbranched alkanes of at least 4 members (excludes halogenated alkanes) is 13. The van der Waals surface area contributed by atoms with Crippen LogP contribution >= 0.6 is 0 Å². The summed E-state index contributed by atoms with van der Waals surface area (Å²) in [7, 11) is -3.77. The molecule has 0 aliphatic heterocycles. The molecule has 0 aromatic heterocycles. The van der Waals surface area contributed by atoms with Crippen molar-refractivity contribution in [1.82, 2.24) is 0 Å². The van der Waals surface area contributed by atoms with Gasteiger partial charge in [0.25, 0.3) is 10.1 Å². The molecule has 0 aliphatic carbocycles. The van der Waals surface area contributed by atoms with Crippen molar-refractivity contribution in [1.29, 1.82) is 0 Å². The molecule has 4 nitrogen and oxygen atoms in total. The van der Waals surface area contributed by atoms with Gasteiger partial charge in [0.15, 0.2) is 0 Å². The highest BCUT2D eigenvalue weighted by Gasteiger charge is 2.04. The second-order valence-corrected chi connectivity index (χ2v) is 9.04. The van der Waals surface area contributed by atoms with Gasteiger partial charge in [0.1, 0.15) is 0 Å². The summed E-state index contributed by atoms with van der Waals surface area (Å²) in [5.41, 5.74) is 0. The van der Waals surface area contributed by atoms with E-state index in [1.807, 2.05) is 0 Å². The maximum absolute atomic E-state index is 10.6. The van der Waals surface area contributed by atoms with Crippen LogP contribution in [0.2, 0.25) is 0 Å². The van der Waals surface area contributed by atoms with Crippen LogP contribution in [0.3, 0.4) is 0 Å². The highest BCUT2D eigenvalue weighted by atomic mass is 32.2. The molecule has 0 spiro atoms. The maximum Gasteiger partial charge on any atom is 0.264 e. The number of aliphatic hydroxyl groups excluding tert-OH is 1. The largest absolute Gasteiger partial charge is 0.393 e. The minimum atomic E-state index is -3.77. The maximum atomic E-state index is 10.6. The lowest BCUT2D eigenvalue weighted by Gasteiger charge is -2.10. The van der Waals surface area contributed by atoms with E-state index < -0.39 is 10.1 Å². The molecule has 0 saturated carbocycles. The van der Waals surface area contributed by atoms with Crippen LogP contribution in [0.4, 0.5) is 0 Å². The van der Waals surface area contributed by atoms with E-state index in [1.165, 1.54) is 64.2 Å². The summed E-state index contributed by atoms with van der Waals surface area (Å²) in [4.78, 5) is 0.